The van der Waals surface area contributed by atoms with Gasteiger partial charge in [-0.25, -0.2) is 0 Å². The Morgan fingerprint density at radius 3 is 2.77 bits per heavy atom. The van der Waals surface area contributed by atoms with E-state index < -0.39 is 5.91 Å². The number of methoxy groups -OCH3 is 1. The van der Waals surface area contributed by atoms with Gasteiger partial charge >= 0.3 is 0 Å². The van der Waals surface area contributed by atoms with Crippen LogP contribution in [0.15, 0.2) is 28.7 Å². The molecule has 1 aromatic carbocycles. The van der Waals surface area contributed by atoms with Gasteiger partial charge in [0.15, 0.2) is 0 Å². The van der Waals surface area contributed by atoms with Gasteiger partial charge in [0.1, 0.15) is 10.8 Å². The molecule has 7 heteroatoms. The average Bonchev–Trinajstić information content (AvgIpc) is 2.98. The summed E-state index contributed by atoms with van der Waals surface area (Å²) in [4.78, 5) is 25.3. The number of carbonyl (C=O) groups is 2. The summed E-state index contributed by atoms with van der Waals surface area (Å²) < 4.78 is 6.00. The normalized spacial score (nSPS) is 13.5. The molecule has 136 valence electrons. The van der Waals surface area contributed by atoms with Crippen molar-refractivity contribution in [1.82, 2.24) is 0 Å². The fraction of sp³-hybridized carbons (Fsp3) is 0.263. The van der Waals surface area contributed by atoms with Crippen LogP contribution < -0.4 is 15.8 Å². The molecule has 1 aromatic heterocycles. The van der Waals surface area contributed by atoms with E-state index in [4.69, 9.17) is 10.5 Å². The maximum absolute atomic E-state index is 12.3. The number of halogens is 1. The van der Waals surface area contributed by atoms with Crippen LogP contribution in [-0.4, -0.2) is 18.9 Å². The van der Waals surface area contributed by atoms with Crippen LogP contribution in [0.3, 0.4) is 0 Å². The number of fused-ring (bicyclic) bond motifs is 1. The van der Waals surface area contributed by atoms with Gasteiger partial charge in [-0.2, -0.15) is 0 Å². The fourth-order valence-electron chi connectivity index (χ4n) is 3.03. The Morgan fingerprint density at radius 2 is 2.08 bits per heavy atom. The number of ether oxygens (including phenoxy) is 1. The molecule has 0 saturated heterocycles. The number of carbonyl (C=O) groups excluding carboxylic acids is 2. The molecule has 0 unspecified atom stereocenters. The highest BCUT2D eigenvalue weighted by Crippen LogP contribution is 2.37. The van der Waals surface area contributed by atoms with Crippen LogP contribution in [0, 0.1) is 0 Å². The molecule has 0 saturated carbocycles. The van der Waals surface area contributed by atoms with Crippen LogP contribution >= 0.6 is 27.3 Å². The molecule has 1 aliphatic carbocycles. The number of nitrogens with two attached hydrogens (primary N) is 1. The minimum atomic E-state index is -0.484. The molecule has 2 aromatic rings. The molecule has 2 amide bonds. The minimum absolute atomic E-state index is 0.293. The molecule has 0 radical (unpaired) electrons. The molecular formula is C19H19BrN2O3S. The van der Waals surface area contributed by atoms with E-state index >= 15 is 0 Å². The molecule has 0 fully saturated rings. The summed E-state index contributed by atoms with van der Waals surface area (Å²) in [6, 6.07) is 5.54. The van der Waals surface area contributed by atoms with E-state index in [9.17, 15) is 9.59 Å². The van der Waals surface area contributed by atoms with Gasteiger partial charge in [-0.05, 0) is 70.9 Å². The molecule has 0 aliphatic heterocycles. The van der Waals surface area contributed by atoms with E-state index in [0.717, 1.165) is 51.9 Å². The smallest absolute Gasteiger partial charge is 0.251 e. The Hall–Kier alpha value is -2.12. The van der Waals surface area contributed by atoms with Crippen molar-refractivity contribution >= 4 is 50.2 Å². The number of amides is 2. The van der Waals surface area contributed by atoms with Crippen molar-refractivity contribution in [3.63, 3.8) is 0 Å². The van der Waals surface area contributed by atoms with Gasteiger partial charge in [-0.1, -0.05) is 6.07 Å². The lowest BCUT2D eigenvalue weighted by Gasteiger charge is -2.11. The summed E-state index contributed by atoms with van der Waals surface area (Å²) in [6.07, 6.45) is 7.07. The van der Waals surface area contributed by atoms with Gasteiger partial charge in [-0.15, -0.1) is 11.3 Å². The number of primary amides is 1. The standard InChI is InChI=1S/C19H19BrN2O3S/c1-25-14-8-6-11(10-13(14)20)7-9-16(23)22-19-17(18(21)24)12-4-2-3-5-15(12)26-19/h6-10H,2-5H2,1H3,(H2,21,24)(H,22,23)/b9-7+. The summed E-state index contributed by atoms with van der Waals surface area (Å²) in [5.41, 5.74) is 7.88. The summed E-state index contributed by atoms with van der Waals surface area (Å²) >= 11 is 4.87. The van der Waals surface area contributed by atoms with Crippen molar-refractivity contribution in [2.24, 2.45) is 5.73 Å². The van der Waals surface area contributed by atoms with Gasteiger partial charge in [0.2, 0.25) is 5.91 Å². The Labute approximate surface area is 164 Å². The molecule has 1 heterocycles. The zero-order valence-corrected chi connectivity index (χ0v) is 16.7. The second kappa shape index (κ2) is 8.05. The topological polar surface area (TPSA) is 81.4 Å². The Balaban J connectivity index is 1.77. The molecule has 0 atom stereocenters. The summed E-state index contributed by atoms with van der Waals surface area (Å²) in [6.45, 7) is 0. The van der Waals surface area contributed by atoms with E-state index in [-0.39, 0.29) is 5.91 Å². The monoisotopic (exact) mass is 434 g/mol. The predicted octanol–water partition coefficient (Wildman–Crippen LogP) is 4.15. The van der Waals surface area contributed by atoms with Gasteiger partial charge < -0.3 is 15.8 Å². The van der Waals surface area contributed by atoms with Gasteiger partial charge in [0.05, 0.1) is 17.1 Å². The second-order valence-corrected chi connectivity index (χ2v) is 7.96. The molecule has 3 rings (SSSR count). The van der Waals surface area contributed by atoms with Crippen LogP contribution in [0.5, 0.6) is 5.75 Å². The lowest BCUT2D eigenvalue weighted by Crippen LogP contribution is -2.17. The van der Waals surface area contributed by atoms with Gasteiger partial charge in [0, 0.05) is 11.0 Å². The summed E-state index contributed by atoms with van der Waals surface area (Å²) in [7, 11) is 1.60. The maximum Gasteiger partial charge on any atom is 0.251 e. The molecule has 1 aliphatic rings. The Morgan fingerprint density at radius 1 is 1.31 bits per heavy atom. The van der Waals surface area contributed by atoms with Crippen molar-refractivity contribution in [2.45, 2.75) is 25.7 Å². The zero-order chi connectivity index (χ0) is 18.7. The molecule has 5 nitrogen and oxygen atoms in total. The number of nitrogens with one attached hydrogen (secondary N) is 1. The van der Waals surface area contributed by atoms with Crippen LogP contribution in [0.4, 0.5) is 5.00 Å². The lowest BCUT2D eigenvalue weighted by atomic mass is 9.95. The van der Waals surface area contributed by atoms with Crippen LogP contribution in [0.1, 0.15) is 39.2 Å². The SMILES string of the molecule is COc1ccc(/C=C/C(=O)Nc2sc3c(c2C(N)=O)CCCC3)cc1Br. The third kappa shape index (κ3) is 3.99. The van der Waals surface area contributed by atoms with Gasteiger partial charge in [-0.3, -0.25) is 9.59 Å². The number of thiophene rings is 1. The third-order valence-corrected chi connectivity index (χ3v) is 6.08. The van der Waals surface area contributed by atoms with Gasteiger partial charge in [0.25, 0.3) is 5.91 Å². The fourth-order valence-corrected chi connectivity index (χ4v) is 4.88. The first-order valence-corrected chi connectivity index (χ1v) is 9.87. The molecular weight excluding hydrogens is 416 g/mol. The molecule has 0 spiro atoms. The summed E-state index contributed by atoms with van der Waals surface area (Å²) in [5.74, 6) is -0.0531. The highest BCUT2D eigenvalue weighted by Gasteiger charge is 2.24. The maximum atomic E-state index is 12.3. The number of anilines is 1. The zero-order valence-electron chi connectivity index (χ0n) is 14.3. The highest BCUT2D eigenvalue weighted by molar-refractivity contribution is 9.10. The first-order valence-electron chi connectivity index (χ1n) is 8.26. The lowest BCUT2D eigenvalue weighted by molar-refractivity contribution is -0.111. The van der Waals surface area contributed by atoms with Crippen molar-refractivity contribution in [3.8, 4) is 5.75 Å². The first-order chi connectivity index (χ1) is 12.5. The quantitative estimate of drug-likeness (QED) is 0.693. The molecule has 0 bridgehead atoms. The van der Waals surface area contributed by atoms with Crippen LogP contribution in [0.2, 0.25) is 0 Å². The van der Waals surface area contributed by atoms with Crippen LogP contribution in [-0.2, 0) is 17.6 Å². The molecule has 26 heavy (non-hydrogen) atoms. The van der Waals surface area contributed by atoms with Crippen molar-refractivity contribution < 1.29 is 14.3 Å². The van der Waals surface area contributed by atoms with E-state index in [0.29, 0.717) is 10.6 Å². The van der Waals surface area contributed by atoms with Crippen molar-refractivity contribution in [3.05, 3.63) is 50.3 Å². The third-order valence-electron chi connectivity index (χ3n) is 4.26. The largest absolute Gasteiger partial charge is 0.496 e. The Bertz CT molecular complexity index is 889. The first kappa shape index (κ1) is 18.7. The second-order valence-electron chi connectivity index (χ2n) is 6.00. The van der Waals surface area contributed by atoms with E-state index in [2.05, 4.69) is 21.2 Å². The number of hydrogen-bond donors (Lipinski definition) is 2. The number of rotatable bonds is 5. The molecule has 3 N–H and O–H groups in total. The highest BCUT2D eigenvalue weighted by atomic mass is 79.9. The average molecular weight is 435 g/mol. The van der Waals surface area contributed by atoms with E-state index in [1.807, 2.05) is 18.2 Å². The number of benzene rings is 1. The summed E-state index contributed by atoms with van der Waals surface area (Å²) in [5, 5.41) is 3.36. The number of hydrogen-bond acceptors (Lipinski definition) is 4. The van der Waals surface area contributed by atoms with E-state index in [1.165, 1.54) is 17.4 Å². The predicted molar refractivity (Wildman–Crippen MR) is 108 cm³/mol. The van der Waals surface area contributed by atoms with Crippen molar-refractivity contribution in [2.75, 3.05) is 12.4 Å². The van der Waals surface area contributed by atoms with E-state index in [1.54, 1.807) is 13.2 Å². The van der Waals surface area contributed by atoms with Crippen LogP contribution in [0.25, 0.3) is 6.08 Å². The number of aryl methyl sites for hydroxylation is 1. The van der Waals surface area contributed by atoms with Crippen molar-refractivity contribution in [1.29, 1.82) is 0 Å². The Kier molecular flexibility index (Phi) is 5.78. The minimum Gasteiger partial charge on any atom is -0.496 e.